The smallest absolute Gasteiger partial charge is 0.152 e. The topological polar surface area (TPSA) is 84.0 Å². The average molecular weight is 346 g/mol. The highest BCUT2D eigenvalue weighted by Gasteiger charge is 2.27. The third kappa shape index (κ3) is 4.23. The molecule has 3 rings (SSSR count). The Hall–Kier alpha value is -2.15. The van der Waals surface area contributed by atoms with Gasteiger partial charge >= 0.3 is 0 Å². The molecule has 0 spiro atoms. The molecular weight excluding hydrogens is 324 g/mol. The van der Waals surface area contributed by atoms with Crippen molar-refractivity contribution in [2.75, 3.05) is 22.1 Å². The van der Waals surface area contributed by atoms with Crippen LogP contribution < -0.4 is 10.6 Å². The molecule has 0 amide bonds. The standard InChI is InChI=1S/C17H22N4O2S/c1-12(2)13-3-5-14(6-4-13)20-16-9-17(19-11-18-16)21-15-7-8-24(22,23)10-15/h3-6,9,11-12,15H,7-8,10H2,1-2H3,(H2,18,19,20,21). The van der Waals surface area contributed by atoms with Crippen molar-refractivity contribution in [3.63, 3.8) is 0 Å². The van der Waals surface area contributed by atoms with Crippen LogP contribution in [0.25, 0.3) is 0 Å². The first-order valence-electron chi connectivity index (χ1n) is 8.07. The van der Waals surface area contributed by atoms with E-state index < -0.39 is 9.84 Å². The molecule has 0 saturated carbocycles. The lowest BCUT2D eigenvalue weighted by atomic mass is 10.0. The first-order chi connectivity index (χ1) is 11.4. The second-order valence-corrected chi connectivity index (χ2v) is 8.66. The van der Waals surface area contributed by atoms with Gasteiger partial charge in [0.2, 0.25) is 0 Å². The lowest BCUT2D eigenvalue weighted by Gasteiger charge is -2.13. The van der Waals surface area contributed by atoms with Gasteiger partial charge in [-0.2, -0.15) is 0 Å². The van der Waals surface area contributed by atoms with Crippen LogP contribution in [0.1, 0.15) is 31.7 Å². The van der Waals surface area contributed by atoms with E-state index in [0.29, 0.717) is 24.0 Å². The van der Waals surface area contributed by atoms with Crippen LogP contribution in [0.5, 0.6) is 0 Å². The van der Waals surface area contributed by atoms with Crippen LogP contribution in [0.3, 0.4) is 0 Å². The molecule has 1 saturated heterocycles. The molecule has 1 atom stereocenters. The normalized spacial score (nSPS) is 19.4. The largest absolute Gasteiger partial charge is 0.366 e. The van der Waals surface area contributed by atoms with Crippen LogP contribution in [-0.4, -0.2) is 35.9 Å². The Bertz CT molecular complexity index is 804. The minimum Gasteiger partial charge on any atom is -0.366 e. The van der Waals surface area contributed by atoms with Crippen LogP contribution in [0, 0.1) is 0 Å². The zero-order valence-corrected chi connectivity index (χ0v) is 14.7. The van der Waals surface area contributed by atoms with Crippen molar-refractivity contribution in [2.45, 2.75) is 32.2 Å². The second-order valence-electron chi connectivity index (χ2n) is 6.43. The molecule has 1 fully saturated rings. The van der Waals surface area contributed by atoms with Crippen LogP contribution in [0.2, 0.25) is 0 Å². The Kier molecular flexibility index (Phi) is 4.71. The summed E-state index contributed by atoms with van der Waals surface area (Å²) < 4.78 is 23.1. The molecular formula is C17H22N4O2S. The number of benzene rings is 1. The van der Waals surface area contributed by atoms with E-state index in [-0.39, 0.29) is 17.5 Å². The van der Waals surface area contributed by atoms with Gasteiger partial charge < -0.3 is 10.6 Å². The Morgan fingerprint density at radius 2 is 1.83 bits per heavy atom. The third-order valence-corrected chi connectivity index (χ3v) is 5.87. The molecule has 1 aromatic heterocycles. The van der Waals surface area contributed by atoms with E-state index in [4.69, 9.17) is 0 Å². The van der Waals surface area contributed by atoms with Crippen LogP contribution in [-0.2, 0) is 9.84 Å². The maximum absolute atomic E-state index is 11.5. The minimum absolute atomic E-state index is 0.0805. The Labute approximate surface area is 142 Å². The molecule has 128 valence electrons. The molecule has 2 aromatic rings. The van der Waals surface area contributed by atoms with Gasteiger partial charge in [-0.15, -0.1) is 0 Å². The van der Waals surface area contributed by atoms with Crippen molar-refractivity contribution in [1.82, 2.24) is 9.97 Å². The fourth-order valence-electron chi connectivity index (χ4n) is 2.72. The number of nitrogens with one attached hydrogen (secondary N) is 2. The van der Waals surface area contributed by atoms with Gasteiger partial charge in [-0.3, -0.25) is 0 Å². The van der Waals surface area contributed by atoms with E-state index in [1.165, 1.54) is 11.9 Å². The summed E-state index contributed by atoms with van der Waals surface area (Å²) in [5.41, 5.74) is 2.24. The average Bonchev–Trinajstić information content (AvgIpc) is 2.87. The first kappa shape index (κ1) is 16.7. The summed E-state index contributed by atoms with van der Waals surface area (Å²) in [5.74, 6) is 2.20. The lowest BCUT2D eigenvalue weighted by molar-refractivity contribution is 0.602. The van der Waals surface area contributed by atoms with Crippen LogP contribution in [0.4, 0.5) is 17.3 Å². The molecule has 0 bridgehead atoms. The van der Waals surface area contributed by atoms with E-state index in [1.807, 2.05) is 12.1 Å². The fraction of sp³-hybridized carbons (Fsp3) is 0.412. The minimum atomic E-state index is -2.91. The monoisotopic (exact) mass is 346 g/mol. The third-order valence-electron chi connectivity index (χ3n) is 4.10. The van der Waals surface area contributed by atoms with Gasteiger partial charge in [0.1, 0.15) is 18.0 Å². The van der Waals surface area contributed by atoms with E-state index in [0.717, 1.165) is 5.69 Å². The first-order valence-corrected chi connectivity index (χ1v) is 9.89. The number of hydrogen-bond acceptors (Lipinski definition) is 6. The molecule has 0 aliphatic carbocycles. The molecule has 1 aliphatic rings. The van der Waals surface area contributed by atoms with Gasteiger partial charge in [0.25, 0.3) is 0 Å². The molecule has 24 heavy (non-hydrogen) atoms. The van der Waals surface area contributed by atoms with Gasteiger partial charge in [0.05, 0.1) is 11.5 Å². The van der Waals surface area contributed by atoms with Crippen molar-refractivity contribution in [2.24, 2.45) is 0 Å². The number of nitrogens with zero attached hydrogens (tertiary/aromatic N) is 2. The number of rotatable bonds is 5. The van der Waals surface area contributed by atoms with E-state index in [1.54, 1.807) is 6.07 Å². The maximum Gasteiger partial charge on any atom is 0.152 e. The van der Waals surface area contributed by atoms with Crippen molar-refractivity contribution in [3.8, 4) is 0 Å². The summed E-state index contributed by atoms with van der Waals surface area (Å²) in [6.07, 6.45) is 2.09. The second kappa shape index (κ2) is 6.76. The molecule has 7 heteroatoms. The van der Waals surface area contributed by atoms with Crippen molar-refractivity contribution >= 4 is 27.2 Å². The highest BCUT2D eigenvalue weighted by Crippen LogP contribution is 2.21. The summed E-state index contributed by atoms with van der Waals surface area (Å²) in [4.78, 5) is 8.39. The van der Waals surface area contributed by atoms with Crippen molar-refractivity contribution < 1.29 is 8.42 Å². The Morgan fingerprint density at radius 1 is 1.12 bits per heavy atom. The summed E-state index contributed by atoms with van der Waals surface area (Å²) in [5, 5.41) is 6.42. The van der Waals surface area contributed by atoms with Gasteiger partial charge in [-0.1, -0.05) is 26.0 Å². The summed E-state index contributed by atoms with van der Waals surface area (Å²) in [7, 11) is -2.91. The number of hydrogen-bond donors (Lipinski definition) is 2. The molecule has 1 aliphatic heterocycles. The lowest BCUT2D eigenvalue weighted by Crippen LogP contribution is -2.21. The molecule has 1 unspecified atom stereocenters. The molecule has 2 N–H and O–H groups in total. The van der Waals surface area contributed by atoms with E-state index >= 15 is 0 Å². The zero-order chi connectivity index (χ0) is 17.2. The molecule has 6 nitrogen and oxygen atoms in total. The molecule has 0 radical (unpaired) electrons. The summed E-state index contributed by atoms with van der Waals surface area (Å²) >= 11 is 0. The highest BCUT2D eigenvalue weighted by atomic mass is 32.2. The predicted octanol–water partition coefficient (Wildman–Crippen LogP) is 2.94. The fourth-order valence-corrected chi connectivity index (χ4v) is 4.40. The molecule has 2 heterocycles. The van der Waals surface area contributed by atoms with Gasteiger partial charge in [0.15, 0.2) is 9.84 Å². The van der Waals surface area contributed by atoms with Crippen LogP contribution in [0.15, 0.2) is 36.7 Å². The SMILES string of the molecule is CC(C)c1ccc(Nc2cc(NC3CCS(=O)(=O)C3)ncn2)cc1. The number of aromatic nitrogens is 2. The quantitative estimate of drug-likeness (QED) is 0.866. The predicted molar refractivity (Wildman–Crippen MR) is 96.5 cm³/mol. The Balaban J connectivity index is 1.67. The maximum atomic E-state index is 11.5. The zero-order valence-electron chi connectivity index (χ0n) is 13.9. The number of anilines is 3. The van der Waals surface area contributed by atoms with Gasteiger partial charge in [-0.05, 0) is 30.0 Å². The Morgan fingerprint density at radius 3 is 2.46 bits per heavy atom. The van der Waals surface area contributed by atoms with Gasteiger partial charge in [-0.25, -0.2) is 18.4 Å². The summed E-state index contributed by atoms with van der Waals surface area (Å²) in [6, 6.07) is 9.94. The highest BCUT2D eigenvalue weighted by molar-refractivity contribution is 7.91. The number of sulfone groups is 1. The van der Waals surface area contributed by atoms with Gasteiger partial charge in [0, 0.05) is 17.8 Å². The summed E-state index contributed by atoms with van der Waals surface area (Å²) in [6.45, 7) is 4.32. The van der Waals surface area contributed by atoms with Crippen molar-refractivity contribution in [1.29, 1.82) is 0 Å². The molecule has 1 aromatic carbocycles. The van der Waals surface area contributed by atoms with Crippen molar-refractivity contribution in [3.05, 3.63) is 42.2 Å². The van der Waals surface area contributed by atoms with E-state index in [2.05, 4.69) is 46.6 Å². The van der Waals surface area contributed by atoms with E-state index in [9.17, 15) is 8.42 Å². The van der Waals surface area contributed by atoms with Crippen LogP contribution >= 0.6 is 0 Å².